The third-order valence-corrected chi connectivity index (χ3v) is 5.80. The van der Waals surface area contributed by atoms with Crippen molar-refractivity contribution in [2.45, 2.75) is 30.8 Å². The van der Waals surface area contributed by atoms with E-state index in [2.05, 4.69) is 10.3 Å². The number of thioether (sulfide) groups is 1. The van der Waals surface area contributed by atoms with E-state index in [4.69, 9.17) is 4.74 Å². The van der Waals surface area contributed by atoms with Gasteiger partial charge in [0.25, 0.3) is 17.2 Å². The Bertz CT molecular complexity index is 1180. The molecule has 1 aromatic heterocycles. The maximum atomic E-state index is 13.1. The number of amides is 1. The Balaban J connectivity index is 1.94. The molecule has 0 saturated heterocycles. The average molecular weight is 457 g/mol. The Morgan fingerprint density at radius 2 is 2.00 bits per heavy atom. The van der Waals surface area contributed by atoms with Gasteiger partial charge in [0.05, 0.1) is 29.0 Å². The predicted octanol–water partition coefficient (Wildman–Crippen LogP) is 3.38. The van der Waals surface area contributed by atoms with E-state index in [9.17, 15) is 19.7 Å². The van der Waals surface area contributed by atoms with Gasteiger partial charge in [0.2, 0.25) is 0 Å². The van der Waals surface area contributed by atoms with Crippen LogP contribution < -0.4 is 10.9 Å². The molecule has 0 spiro atoms. The molecule has 3 aromatic rings. The van der Waals surface area contributed by atoms with Crippen LogP contribution >= 0.6 is 11.8 Å². The second kappa shape index (κ2) is 10.9. The van der Waals surface area contributed by atoms with E-state index in [1.54, 1.807) is 42.0 Å². The molecule has 0 bridgehead atoms. The molecular formula is C22H24N4O5S. The van der Waals surface area contributed by atoms with E-state index in [1.165, 1.54) is 23.9 Å². The summed E-state index contributed by atoms with van der Waals surface area (Å²) >= 11 is 1.35. The molecular weight excluding hydrogens is 432 g/mol. The van der Waals surface area contributed by atoms with E-state index in [-0.39, 0.29) is 17.2 Å². The lowest BCUT2D eigenvalue weighted by Crippen LogP contribution is -2.26. The molecule has 3 rings (SSSR count). The molecule has 10 heteroatoms. The standard InChI is InChI=1S/C22H24N4O5S/c1-3-10-23-20(27)16-6-9-18-19(13-16)24-22(25(21(18)28)11-12-31-2)32-14-15-4-7-17(8-5-15)26(29)30/h4-9,13H,3,10-12,14H2,1-2H3,(H,23,27). The summed E-state index contributed by atoms with van der Waals surface area (Å²) in [6, 6.07) is 11.1. The van der Waals surface area contributed by atoms with E-state index in [1.807, 2.05) is 6.92 Å². The highest BCUT2D eigenvalue weighted by Gasteiger charge is 2.14. The van der Waals surface area contributed by atoms with Crippen LogP contribution in [0.5, 0.6) is 0 Å². The van der Waals surface area contributed by atoms with Gasteiger partial charge in [0.1, 0.15) is 0 Å². The van der Waals surface area contributed by atoms with Gasteiger partial charge in [-0.25, -0.2) is 4.98 Å². The molecule has 0 atom stereocenters. The van der Waals surface area contributed by atoms with Crippen molar-refractivity contribution in [2.75, 3.05) is 20.3 Å². The second-order valence-electron chi connectivity index (χ2n) is 7.04. The molecule has 1 amide bonds. The van der Waals surface area contributed by atoms with Gasteiger partial charge in [-0.2, -0.15) is 0 Å². The summed E-state index contributed by atoms with van der Waals surface area (Å²) in [5, 5.41) is 14.6. The van der Waals surface area contributed by atoms with Gasteiger partial charge in [0.15, 0.2) is 5.16 Å². The minimum absolute atomic E-state index is 0.0217. The molecule has 0 aliphatic carbocycles. The van der Waals surface area contributed by atoms with E-state index in [0.29, 0.717) is 47.1 Å². The fourth-order valence-corrected chi connectivity index (χ4v) is 4.02. The molecule has 2 aromatic carbocycles. The lowest BCUT2D eigenvalue weighted by atomic mass is 10.1. The third kappa shape index (κ3) is 5.51. The highest BCUT2D eigenvalue weighted by atomic mass is 32.2. The monoisotopic (exact) mass is 456 g/mol. The number of benzene rings is 2. The minimum atomic E-state index is -0.446. The van der Waals surface area contributed by atoms with Crippen molar-refractivity contribution in [1.29, 1.82) is 0 Å². The highest BCUT2D eigenvalue weighted by Crippen LogP contribution is 2.24. The molecule has 0 aliphatic heterocycles. The van der Waals surface area contributed by atoms with Crippen molar-refractivity contribution in [3.05, 3.63) is 74.1 Å². The molecule has 9 nitrogen and oxygen atoms in total. The van der Waals surface area contributed by atoms with Crippen LogP contribution in [-0.4, -0.2) is 40.6 Å². The number of rotatable bonds is 10. The summed E-state index contributed by atoms with van der Waals surface area (Å²) in [6.07, 6.45) is 0.825. The highest BCUT2D eigenvalue weighted by molar-refractivity contribution is 7.98. The number of nitrogens with one attached hydrogen (secondary N) is 1. The number of non-ortho nitro benzene ring substituents is 1. The fourth-order valence-electron chi connectivity index (χ4n) is 3.03. The van der Waals surface area contributed by atoms with Crippen molar-refractivity contribution in [3.8, 4) is 0 Å². The lowest BCUT2D eigenvalue weighted by Gasteiger charge is -2.13. The SMILES string of the molecule is CCCNC(=O)c1ccc2c(=O)n(CCOC)c(SCc3ccc([N+](=O)[O-])cc3)nc2c1. The number of methoxy groups -OCH3 is 1. The maximum Gasteiger partial charge on any atom is 0.269 e. The first-order valence-corrected chi connectivity index (χ1v) is 11.1. The van der Waals surface area contributed by atoms with Crippen molar-refractivity contribution < 1.29 is 14.5 Å². The van der Waals surface area contributed by atoms with Crippen molar-refractivity contribution in [2.24, 2.45) is 0 Å². The van der Waals surface area contributed by atoms with Crippen LogP contribution in [0.3, 0.4) is 0 Å². The molecule has 0 radical (unpaired) electrons. The van der Waals surface area contributed by atoms with Crippen LogP contribution in [-0.2, 0) is 17.0 Å². The van der Waals surface area contributed by atoms with E-state index in [0.717, 1.165) is 12.0 Å². The third-order valence-electron chi connectivity index (χ3n) is 4.75. The first-order valence-electron chi connectivity index (χ1n) is 10.1. The number of nitro groups is 1. The number of fused-ring (bicyclic) bond motifs is 1. The molecule has 32 heavy (non-hydrogen) atoms. The summed E-state index contributed by atoms with van der Waals surface area (Å²) in [7, 11) is 1.56. The zero-order valence-corrected chi connectivity index (χ0v) is 18.7. The first-order chi connectivity index (χ1) is 15.4. The Kier molecular flexibility index (Phi) is 7.96. The topological polar surface area (TPSA) is 116 Å². The molecule has 0 aliphatic rings. The lowest BCUT2D eigenvalue weighted by molar-refractivity contribution is -0.384. The van der Waals surface area contributed by atoms with Crippen molar-refractivity contribution in [3.63, 3.8) is 0 Å². The van der Waals surface area contributed by atoms with Crippen LogP contribution in [0.2, 0.25) is 0 Å². The van der Waals surface area contributed by atoms with Crippen molar-refractivity contribution >= 4 is 34.3 Å². The largest absolute Gasteiger partial charge is 0.383 e. The summed E-state index contributed by atoms with van der Waals surface area (Å²) in [4.78, 5) is 40.5. The molecule has 1 heterocycles. The summed E-state index contributed by atoms with van der Waals surface area (Å²) in [5.74, 6) is 0.263. The number of hydrogen-bond donors (Lipinski definition) is 1. The number of nitro benzene ring substituents is 1. The van der Waals surface area contributed by atoms with Crippen LogP contribution in [0.4, 0.5) is 5.69 Å². The summed E-state index contributed by atoms with van der Waals surface area (Å²) in [6.45, 7) is 3.22. The predicted molar refractivity (Wildman–Crippen MR) is 123 cm³/mol. The van der Waals surface area contributed by atoms with E-state index < -0.39 is 4.92 Å². The van der Waals surface area contributed by atoms with Crippen LogP contribution in [0.25, 0.3) is 10.9 Å². The van der Waals surface area contributed by atoms with Crippen molar-refractivity contribution in [1.82, 2.24) is 14.9 Å². The van der Waals surface area contributed by atoms with Gasteiger partial charge < -0.3 is 10.1 Å². The van der Waals surface area contributed by atoms with Gasteiger partial charge >= 0.3 is 0 Å². The number of nitrogens with zero attached hydrogens (tertiary/aromatic N) is 3. The van der Waals surface area contributed by atoms with Gasteiger partial charge in [-0.05, 0) is 30.2 Å². The number of carbonyl (C=O) groups is 1. The second-order valence-corrected chi connectivity index (χ2v) is 7.99. The minimum Gasteiger partial charge on any atom is -0.383 e. The maximum absolute atomic E-state index is 13.1. The Labute approximate surface area is 189 Å². The average Bonchev–Trinajstić information content (AvgIpc) is 2.80. The van der Waals surface area contributed by atoms with Crippen LogP contribution in [0, 0.1) is 10.1 Å². The van der Waals surface area contributed by atoms with Gasteiger partial charge in [-0.1, -0.05) is 30.8 Å². The quantitative estimate of drug-likeness (QED) is 0.215. The zero-order chi connectivity index (χ0) is 23.1. The van der Waals surface area contributed by atoms with Gasteiger partial charge in [0, 0.05) is 37.1 Å². The number of carbonyl (C=O) groups excluding carboxylic acids is 1. The van der Waals surface area contributed by atoms with Crippen LogP contribution in [0.15, 0.2) is 52.4 Å². The summed E-state index contributed by atoms with van der Waals surface area (Å²) < 4.78 is 6.70. The Hall–Kier alpha value is -3.24. The summed E-state index contributed by atoms with van der Waals surface area (Å²) in [5.41, 5.74) is 1.56. The molecule has 0 unspecified atom stereocenters. The van der Waals surface area contributed by atoms with Crippen LogP contribution in [0.1, 0.15) is 29.3 Å². The molecule has 0 fully saturated rings. The smallest absolute Gasteiger partial charge is 0.269 e. The van der Waals surface area contributed by atoms with E-state index >= 15 is 0 Å². The zero-order valence-electron chi connectivity index (χ0n) is 17.9. The van der Waals surface area contributed by atoms with Gasteiger partial charge in [-0.3, -0.25) is 24.3 Å². The molecule has 0 saturated carbocycles. The molecule has 1 N–H and O–H groups in total. The number of hydrogen-bond acceptors (Lipinski definition) is 7. The number of aromatic nitrogens is 2. The molecule has 168 valence electrons. The Morgan fingerprint density at radius 1 is 1.25 bits per heavy atom. The Morgan fingerprint density at radius 3 is 2.66 bits per heavy atom. The van der Waals surface area contributed by atoms with Gasteiger partial charge in [-0.15, -0.1) is 0 Å². The first kappa shape index (κ1) is 23.4. The fraction of sp³-hybridized carbons (Fsp3) is 0.318. The number of ether oxygens (including phenoxy) is 1. The normalized spacial score (nSPS) is 10.9.